The molecule has 0 aliphatic rings. The number of amides is 1. The Morgan fingerprint density at radius 2 is 1.79 bits per heavy atom. The average molecular weight is 383 g/mol. The first-order chi connectivity index (χ1) is 13.5. The molecule has 0 saturated heterocycles. The third-order valence-corrected chi connectivity index (χ3v) is 3.69. The van der Waals surface area contributed by atoms with Crippen LogP contribution in [0.1, 0.15) is 16.2 Å². The number of benzene rings is 1. The molecule has 9 heteroatoms. The highest BCUT2D eigenvalue weighted by molar-refractivity contribution is 5.91. The van der Waals surface area contributed by atoms with Crippen molar-refractivity contribution in [2.45, 2.75) is 6.54 Å². The third kappa shape index (κ3) is 5.37. The zero-order valence-electron chi connectivity index (χ0n) is 15.8. The molecular formula is C19H21N5O4. The van der Waals surface area contributed by atoms with Crippen molar-refractivity contribution < 1.29 is 19.2 Å². The minimum atomic E-state index is -0.250. The molecule has 1 amide bonds. The largest absolute Gasteiger partial charge is 0.483 e. The normalized spacial score (nSPS) is 9.82. The van der Waals surface area contributed by atoms with Crippen molar-refractivity contribution in [3.05, 3.63) is 60.0 Å². The summed E-state index contributed by atoms with van der Waals surface area (Å²) < 4.78 is 5.40. The Balaban J connectivity index is 0.000000878. The minimum absolute atomic E-state index is 0.176. The molecule has 0 atom stereocenters. The molecule has 0 spiro atoms. The monoisotopic (exact) mass is 383 g/mol. The zero-order valence-corrected chi connectivity index (χ0v) is 15.8. The van der Waals surface area contributed by atoms with E-state index in [1.165, 1.54) is 4.90 Å². The number of rotatable bonds is 5. The summed E-state index contributed by atoms with van der Waals surface area (Å²) >= 11 is 0. The molecule has 3 aromatic rings. The molecule has 3 rings (SSSR count). The summed E-state index contributed by atoms with van der Waals surface area (Å²) in [6, 6.07) is 15.2. The van der Waals surface area contributed by atoms with Gasteiger partial charge in [-0.1, -0.05) is 35.5 Å². The molecule has 9 nitrogen and oxygen atoms in total. The molecule has 1 N–H and O–H groups in total. The molecule has 0 aliphatic carbocycles. The van der Waals surface area contributed by atoms with Gasteiger partial charge in [-0.05, 0) is 12.1 Å². The highest BCUT2D eigenvalue weighted by Gasteiger charge is 2.13. The van der Waals surface area contributed by atoms with Crippen LogP contribution >= 0.6 is 0 Å². The van der Waals surface area contributed by atoms with Crippen LogP contribution < -0.4 is 4.90 Å². The van der Waals surface area contributed by atoms with Crippen LogP contribution in [-0.2, 0) is 11.3 Å². The van der Waals surface area contributed by atoms with Crippen molar-refractivity contribution in [2.75, 3.05) is 26.0 Å². The number of hydrogen-bond acceptors (Lipinski definition) is 7. The van der Waals surface area contributed by atoms with Gasteiger partial charge in [0.1, 0.15) is 5.69 Å². The first-order valence-electron chi connectivity index (χ1n) is 8.31. The molecule has 2 heterocycles. The van der Waals surface area contributed by atoms with Crippen molar-refractivity contribution in [3.63, 3.8) is 0 Å². The summed E-state index contributed by atoms with van der Waals surface area (Å²) in [7, 11) is 5.23. The van der Waals surface area contributed by atoms with Crippen LogP contribution in [0.4, 0.5) is 5.82 Å². The predicted octanol–water partition coefficient (Wildman–Crippen LogP) is 2.17. The van der Waals surface area contributed by atoms with Gasteiger partial charge in [-0.2, -0.15) is 0 Å². The van der Waals surface area contributed by atoms with Crippen molar-refractivity contribution in [1.29, 1.82) is 0 Å². The van der Waals surface area contributed by atoms with Gasteiger partial charge in [0, 0.05) is 32.8 Å². The van der Waals surface area contributed by atoms with E-state index in [0.717, 1.165) is 17.0 Å². The standard InChI is InChI=1S/C18H19N5O2.CH2O2/c1-22(2)18(24)15-9-10-17(20-19-15)23(3)12-14-11-16(21-25-14)13-7-5-4-6-8-13;2-1-3/h4-11H,12H2,1-3H3;1H,(H,2,3). The van der Waals surface area contributed by atoms with Gasteiger partial charge < -0.3 is 19.4 Å². The molecule has 0 radical (unpaired) electrons. The second-order valence-electron chi connectivity index (χ2n) is 5.98. The topological polar surface area (TPSA) is 113 Å². The number of aromatic nitrogens is 3. The molecule has 0 fully saturated rings. The second-order valence-corrected chi connectivity index (χ2v) is 5.98. The lowest BCUT2D eigenvalue weighted by molar-refractivity contribution is -0.122. The Kier molecular flexibility index (Phi) is 7.21. The number of nitrogens with zero attached hydrogens (tertiary/aromatic N) is 5. The zero-order chi connectivity index (χ0) is 20.5. The number of hydrogen-bond donors (Lipinski definition) is 1. The van der Waals surface area contributed by atoms with E-state index < -0.39 is 0 Å². The number of carbonyl (C=O) groups excluding carboxylic acids is 1. The maximum Gasteiger partial charge on any atom is 0.290 e. The molecule has 0 unspecified atom stereocenters. The third-order valence-electron chi connectivity index (χ3n) is 3.69. The van der Waals surface area contributed by atoms with Crippen molar-refractivity contribution >= 4 is 18.2 Å². The lowest BCUT2D eigenvalue weighted by atomic mass is 10.1. The van der Waals surface area contributed by atoms with Gasteiger partial charge in [-0.25, -0.2) is 0 Å². The molecule has 0 saturated carbocycles. The van der Waals surface area contributed by atoms with Crippen molar-refractivity contribution in [1.82, 2.24) is 20.3 Å². The van der Waals surface area contributed by atoms with Gasteiger partial charge in [0.15, 0.2) is 17.3 Å². The predicted molar refractivity (Wildman–Crippen MR) is 103 cm³/mol. The fourth-order valence-electron chi connectivity index (χ4n) is 2.32. The van der Waals surface area contributed by atoms with Gasteiger partial charge >= 0.3 is 0 Å². The van der Waals surface area contributed by atoms with Gasteiger partial charge in [0.2, 0.25) is 0 Å². The summed E-state index contributed by atoms with van der Waals surface area (Å²) in [5, 5.41) is 19.1. The van der Waals surface area contributed by atoms with Crippen molar-refractivity contribution in [3.8, 4) is 11.3 Å². The van der Waals surface area contributed by atoms with E-state index in [4.69, 9.17) is 14.4 Å². The highest BCUT2D eigenvalue weighted by atomic mass is 16.5. The van der Waals surface area contributed by atoms with Gasteiger partial charge in [-0.3, -0.25) is 9.59 Å². The lowest BCUT2D eigenvalue weighted by Gasteiger charge is -2.16. The van der Waals surface area contributed by atoms with Crippen LogP contribution in [0.2, 0.25) is 0 Å². The van der Waals surface area contributed by atoms with Crippen LogP contribution in [0.25, 0.3) is 11.3 Å². The molecule has 1 aromatic carbocycles. The number of carboxylic acid groups (broad SMARTS) is 1. The summed E-state index contributed by atoms with van der Waals surface area (Å²) in [4.78, 5) is 23.5. The van der Waals surface area contributed by atoms with Crippen molar-refractivity contribution in [2.24, 2.45) is 0 Å². The average Bonchev–Trinajstić information content (AvgIpc) is 3.17. The Hall–Kier alpha value is -3.75. The maximum atomic E-state index is 11.8. The first kappa shape index (κ1) is 20.6. The van der Waals surface area contributed by atoms with Crippen LogP contribution in [0.15, 0.2) is 53.1 Å². The first-order valence-corrected chi connectivity index (χ1v) is 8.31. The minimum Gasteiger partial charge on any atom is -0.483 e. The number of anilines is 1. The van der Waals surface area contributed by atoms with Gasteiger partial charge in [-0.15, -0.1) is 10.2 Å². The second kappa shape index (κ2) is 9.81. The van der Waals surface area contributed by atoms with Gasteiger partial charge in [0.05, 0.1) is 6.54 Å². The van der Waals surface area contributed by atoms with Crippen LogP contribution in [-0.4, -0.2) is 58.9 Å². The van der Waals surface area contributed by atoms with E-state index >= 15 is 0 Å². The number of carbonyl (C=O) groups is 2. The van der Waals surface area contributed by atoms with E-state index in [-0.39, 0.29) is 12.4 Å². The molecule has 2 aromatic heterocycles. The highest BCUT2D eigenvalue weighted by Crippen LogP contribution is 2.20. The SMILES string of the molecule is CN(C)C(=O)c1ccc(N(C)Cc2cc(-c3ccccc3)no2)nn1.O=CO. The van der Waals surface area contributed by atoms with Crippen LogP contribution in [0.3, 0.4) is 0 Å². The molecule has 28 heavy (non-hydrogen) atoms. The molecule has 146 valence electrons. The quantitative estimate of drug-likeness (QED) is 0.667. The van der Waals surface area contributed by atoms with E-state index in [0.29, 0.717) is 18.1 Å². The van der Waals surface area contributed by atoms with Crippen LogP contribution in [0.5, 0.6) is 0 Å². The molecule has 0 bridgehead atoms. The Bertz CT molecular complexity index is 894. The van der Waals surface area contributed by atoms with Crippen LogP contribution in [0, 0.1) is 0 Å². The van der Waals surface area contributed by atoms with E-state index in [9.17, 15) is 4.79 Å². The Morgan fingerprint density at radius 3 is 2.36 bits per heavy atom. The summed E-state index contributed by atoms with van der Waals surface area (Å²) in [6.07, 6.45) is 0. The summed E-state index contributed by atoms with van der Waals surface area (Å²) in [5.41, 5.74) is 2.11. The Labute approximate surface area is 162 Å². The van der Waals surface area contributed by atoms with E-state index in [1.54, 1.807) is 26.2 Å². The summed E-state index contributed by atoms with van der Waals surface area (Å²) in [6.45, 7) is 0.246. The molecular weight excluding hydrogens is 362 g/mol. The maximum absolute atomic E-state index is 11.8. The smallest absolute Gasteiger partial charge is 0.290 e. The fraction of sp³-hybridized carbons (Fsp3) is 0.211. The summed E-state index contributed by atoms with van der Waals surface area (Å²) in [5.74, 6) is 1.19. The fourth-order valence-corrected chi connectivity index (χ4v) is 2.32. The molecule has 0 aliphatic heterocycles. The van der Waals surface area contributed by atoms with E-state index in [1.807, 2.05) is 48.3 Å². The lowest BCUT2D eigenvalue weighted by Crippen LogP contribution is -2.24. The van der Waals surface area contributed by atoms with Gasteiger partial charge in [0.25, 0.3) is 12.4 Å². The van der Waals surface area contributed by atoms with E-state index in [2.05, 4.69) is 15.4 Å². The Morgan fingerprint density at radius 1 is 1.11 bits per heavy atom.